The number of carbonyl (C=O) groups is 1. The first-order valence-corrected chi connectivity index (χ1v) is 7.80. The molecule has 1 fully saturated rings. The van der Waals surface area contributed by atoms with Crippen LogP contribution in [-0.4, -0.2) is 22.9 Å². The number of nitrogens with zero attached hydrogens (tertiary/aromatic N) is 1. The summed E-state index contributed by atoms with van der Waals surface area (Å²) in [7, 11) is 0. The van der Waals surface area contributed by atoms with E-state index in [1.807, 2.05) is 17.9 Å². The summed E-state index contributed by atoms with van der Waals surface area (Å²) in [5.41, 5.74) is 0.553. The standard InChI is InChI=1S/C17H25FN2O/c1-5-8-15-17(21)20(12(4)11(2)3)16(19-15)13-9-6-7-10-14(13)18/h6-7,9-12,15-16,19H,5,8H2,1-4H3. The quantitative estimate of drug-likeness (QED) is 0.901. The van der Waals surface area contributed by atoms with Gasteiger partial charge in [0.2, 0.25) is 5.91 Å². The average Bonchev–Trinajstić information content (AvgIpc) is 2.76. The highest BCUT2D eigenvalue weighted by Gasteiger charge is 2.42. The minimum absolute atomic E-state index is 0.0662. The van der Waals surface area contributed by atoms with Gasteiger partial charge in [0, 0.05) is 11.6 Å². The fourth-order valence-corrected chi connectivity index (χ4v) is 2.84. The van der Waals surface area contributed by atoms with Gasteiger partial charge in [-0.2, -0.15) is 0 Å². The van der Waals surface area contributed by atoms with Crippen molar-refractivity contribution in [2.45, 2.75) is 58.8 Å². The molecule has 1 N–H and O–H groups in total. The number of rotatable bonds is 5. The Bertz CT molecular complexity index is 503. The lowest BCUT2D eigenvalue weighted by Crippen LogP contribution is -2.41. The predicted octanol–water partition coefficient (Wildman–Crippen LogP) is 3.47. The van der Waals surface area contributed by atoms with E-state index in [9.17, 15) is 9.18 Å². The van der Waals surface area contributed by atoms with E-state index in [1.165, 1.54) is 6.07 Å². The van der Waals surface area contributed by atoms with Gasteiger partial charge in [-0.1, -0.05) is 45.4 Å². The van der Waals surface area contributed by atoms with Gasteiger partial charge in [-0.05, 0) is 25.3 Å². The van der Waals surface area contributed by atoms with Gasteiger partial charge in [-0.25, -0.2) is 4.39 Å². The molecular formula is C17H25FN2O. The van der Waals surface area contributed by atoms with Crippen LogP contribution in [0.15, 0.2) is 24.3 Å². The van der Waals surface area contributed by atoms with Crippen LogP contribution in [0.2, 0.25) is 0 Å². The van der Waals surface area contributed by atoms with Crippen LogP contribution in [0.3, 0.4) is 0 Å². The second-order valence-corrected chi connectivity index (χ2v) is 6.16. The maximum Gasteiger partial charge on any atom is 0.241 e. The van der Waals surface area contributed by atoms with E-state index in [1.54, 1.807) is 12.1 Å². The summed E-state index contributed by atoms with van der Waals surface area (Å²) < 4.78 is 14.1. The van der Waals surface area contributed by atoms with Crippen LogP contribution in [0.4, 0.5) is 4.39 Å². The Morgan fingerprint density at radius 3 is 2.52 bits per heavy atom. The van der Waals surface area contributed by atoms with Gasteiger partial charge in [0.1, 0.15) is 12.0 Å². The zero-order valence-corrected chi connectivity index (χ0v) is 13.3. The van der Waals surface area contributed by atoms with Crippen LogP contribution in [0.1, 0.15) is 52.3 Å². The van der Waals surface area contributed by atoms with Gasteiger partial charge >= 0.3 is 0 Å². The number of benzene rings is 1. The Kier molecular flexibility index (Phi) is 4.99. The fraction of sp³-hybridized carbons (Fsp3) is 0.588. The second kappa shape index (κ2) is 6.56. The second-order valence-electron chi connectivity index (χ2n) is 6.16. The molecule has 0 aromatic heterocycles. The smallest absolute Gasteiger partial charge is 0.241 e. The van der Waals surface area contributed by atoms with E-state index in [0.29, 0.717) is 11.5 Å². The Labute approximate surface area is 126 Å². The highest BCUT2D eigenvalue weighted by molar-refractivity contribution is 5.84. The molecule has 116 valence electrons. The molecular weight excluding hydrogens is 267 g/mol. The summed E-state index contributed by atoms with van der Waals surface area (Å²) in [6.07, 6.45) is 1.34. The largest absolute Gasteiger partial charge is 0.318 e. The monoisotopic (exact) mass is 292 g/mol. The van der Waals surface area contributed by atoms with Gasteiger partial charge in [-0.3, -0.25) is 10.1 Å². The van der Waals surface area contributed by atoms with Crippen molar-refractivity contribution < 1.29 is 9.18 Å². The summed E-state index contributed by atoms with van der Waals surface area (Å²) >= 11 is 0. The lowest BCUT2D eigenvalue weighted by Gasteiger charge is -2.33. The zero-order valence-electron chi connectivity index (χ0n) is 13.3. The summed E-state index contributed by atoms with van der Waals surface area (Å²) in [6, 6.07) is 6.56. The molecule has 0 aliphatic carbocycles. The summed E-state index contributed by atoms with van der Waals surface area (Å²) in [4.78, 5) is 14.5. The van der Waals surface area contributed by atoms with E-state index < -0.39 is 0 Å². The molecule has 1 aromatic carbocycles. The average molecular weight is 292 g/mol. The van der Waals surface area contributed by atoms with E-state index in [0.717, 1.165) is 12.8 Å². The molecule has 2 rings (SSSR count). The number of nitrogens with one attached hydrogen (secondary N) is 1. The Morgan fingerprint density at radius 2 is 1.95 bits per heavy atom. The van der Waals surface area contributed by atoms with Crippen molar-refractivity contribution in [1.29, 1.82) is 0 Å². The number of carbonyl (C=O) groups excluding carboxylic acids is 1. The molecule has 1 aromatic rings. The maximum absolute atomic E-state index is 14.1. The Balaban J connectivity index is 2.37. The first kappa shape index (κ1) is 16.0. The molecule has 3 atom stereocenters. The summed E-state index contributed by atoms with van der Waals surface area (Å²) in [5, 5.41) is 3.32. The molecule has 1 aliphatic rings. The van der Waals surface area contributed by atoms with Crippen LogP contribution in [0.25, 0.3) is 0 Å². The molecule has 3 nitrogen and oxygen atoms in total. The summed E-state index contributed by atoms with van der Waals surface area (Å²) in [5.74, 6) is 0.151. The van der Waals surface area contributed by atoms with Crippen LogP contribution >= 0.6 is 0 Å². The van der Waals surface area contributed by atoms with Crippen molar-refractivity contribution in [3.8, 4) is 0 Å². The number of amides is 1. The van der Waals surface area contributed by atoms with Gasteiger partial charge in [-0.15, -0.1) is 0 Å². The topological polar surface area (TPSA) is 32.3 Å². The van der Waals surface area contributed by atoms with Crippen LogP contribution in [0, 0.1) is 11.7 Å². The molecule has 1 heterocycles. The van der Waals surface area contributed by atoms with Gasteiger partial charge < -0.3 is 4.90 Å². The van der Waals surface area contributed by atoms with E-state index >= 15 is 0 Å². The molecule has 0 saturated carbocycles. The van der Waals surface area contributed by atoms with E-state index in [2.05, 4.69) is 26.1 Å². The molecule has 4 heteroatoms. The number of hydrogen-bond donors (Lipinski definition) is 1. The Hall–Kier alpha value is -1.42. The minimum Gasteiger partial charge on any atom is -0.318 e. The highest BCUT2D eigenvalue weighted by atomic mass is 19.1. The molecule has 0 bridgehead atoms. The molecule has 21 heavy (non-hydrogen) atoms. The molecule has 1 aliphatic heterocycles. The van der Waals surface area contributed by atoms with Crippen molar-refractivity contribution in [3.63, 3.8) is 0 Å². The van der Waals surface area contributed by atoms with Crippen molar-refractivity contribution in [1.82, 2.24) is 10.2 Å². The molecule has 0 radical (unpaired) electrons. The van der Waals surface area contributed by atoms with Gasteiger partial charge in [0.15, 0.2) is 0 Å². The van der Waals surface area contributed by atoms with Gasteiger partial charge in [0.25, 0.3) is 0 Å². The molecule has 1 amide bonds. The van der Waals surface area contributed by atoms with Crippen molar-refractivity contribution in [2.24, 2.45) is 5.92 Å². The van der Waals surface area contributed by atoms with Crippen LogP contribution in [0.5, 0.6) is 0 Å². The van der Waals surface area contributed by atoms with Crippen molar-refractivity contribution >= 4 is 5.91 Å². The first-order valence-electron chi connectivity index (χ1n) is 7.80. The first-order chi connectivity index (χ1) is 9.97. The van der Waals surface area contributed by atoms with Crippen LogP contribution < -0.4 is 5.32 Å². The Morgan fingerprint density at radius 1 is 1.29 bits per heavy atom. The van der Waals surface area contributed by atoms with Crippen molar-refractivity contribution in [2.75, 3.05) is 0 Å². The minimum atomic E-state index is -0.368. The predicted molar refractivity (Wildman–Crippen MR) is 82.1 cm³/mol. The van der Waals surface area contributed by atoms with Crippen molar-refractivity contribution in [3.05, 3.63) is 35.6 Å². The molecule has 0 spiro atoms. The van der Waals surface area contributed by atoms with Gasteiger partial charge in [0.05, 0.1) is 6.04 Å². The van der Waals surface area contributed by atoms with Crippen LogP contribution in [-0.2, 0) is 4.79 Å². The summed E-state index contributed by atoms with van der Waals surface area (Å²) in [6.45, 7) is 8.26. The maximum atomic E-state index is 14.1. The third-order valence-electron chi connectivity index (χ3n) is 4.37. The molecule has 1 saturated heterocycles. The fourth-order valence-electron chi connectivity index (χ4n) is 2.84. The SMILES string of the molecule is CCCC1NC(c2ccccc2F)N(C(C)C(C)C)C1=O. The lowest BCUT2D eigenvalue weighted by molar-refractivity contribution is -0.133. The zero-order chi connectivity index (χ0) is 15.6. The third-order valence-corrected chi connectivity index (χ3v) is 4.37. The van der Waals surface area contributed by atoms with E-state index in [-0.39, 0.29) is 30.0 Å². The lowest BCUT2D eigenvalue weighted by atomic mass is 10.0. The highest BCUT2D eigenvalue weighted by Crippen LogP contribution is 2.32. The third kappa shape index (κ3) is 3.10. The normalized spacial score (nSPS) is 23.9. The number of halogens is 1. The molecule has 3 unspecified atom stereocenters. The van der Waals surface area contributed by atoms with E-state index in [4.69, 9.17) is 0 Å². The number of hydrogen-bond acceptors (Lipinski definition) is 2.